The van der Waals surface area contributed by atoms with E-state index >= 15 is 0 Å². The maximum absolute atomic E-state index is 12.5. The first kappa shape index (κ1) is 66.9. The summed E-state index contributed by atoms with van der Waals surface area (Å²) in [6.07, 6.45) is 68.3. The highest BCUT2D eigenvalue weighted by Gasteiger charge is 2.20. The third-order valence-corrected chi connectivity index (χ3v) is 14.9. The van der Waals surface area contributed by atoms with Gasteiger partial charge < -0.3 is 20.3 Å². The summed E-state index contributed by atoms with van der Waals surface area (Å²) in [5.41, 5.74) is 0. The molecule has 0 bridgehead atoms. The van der Waals surface area contributed by atoms with Gasteiger partial charge in [-0.3, -0.25) is 9.59 Å². The zero-order valence-corrected chi connectivity index (χ0v) is 46.4. The topological polar surface area (TPSA) is 95.9 Å². The standard InChI is InChI=1S/C62H123NO5/c1-3-5-7-9-11-13-15-17-27-32-36-40-44-48-52-56-62(67)68-57-53-49-45-41-37-33-29-26-24-22-20-18-19-21-23-25-28-31-35-39-43-47-51-55-61(66)63-59(58-64)60(65)54-50-46-42-38-34-30-16-14-12-10-8-6-4-2/h59-60,64-65H,3-58H2,1-2H3,(H,63,66). The summed E-state index contributed by atoms with van der Waals surface area (Å²) >= 11 is 0. The van der Waals surface area contributed by atoms with Gasteiger partial charge in [-0.15, -0.1) is 0 Å². The molecule has 68 heavy (non-hydrogen) atoms. The van der Waals surface area contributed by atoms with Crippen molar-refractivity contribution in [2.24, 2.45) is 0 Å². The number of aliphatic hydroxyl groups is 2. The Labute approximate surface area is 426 Å². The summed E-state index contributed by atoms with van der Waals surface area (Å²) in [5.74, 6) is -0.0139. The van der Waals surface area contributed by atoms with Crippen LogP contribution in [0.4, 0.5) is 0 Å². The summed E-state index contributed by atoms with van der Waals surface area (Å²) in [5, 5.41) is 23.3. The first-order valence-electron chi connectivity index (χ1n) is 31.3. The number of unbranched alkanes of at least 4 members (excludes halogenated alkanes) is 48. The molecule has 0 heterocycles. The van der Waals surface area contributed by atoms with Gasteiger partial charge in [0.1, 0.15) is 0 Å². The van der Waals surface area contributed by atoms with E-state index in [1.807, 2.05) is 0 Å². The van der Waals surface area contributed by atoms with Gasteiger partial charge in [0.15, 0.2) is 0 Å². The van der Waals surface area contributed by atoms with Crippen molar-refractivity contribution < 1.29 is 24.5 Å². The summed E-state index contributed by atoms with van der Waals surface area (Å²) < 4.78 is 5.49. The minimum absolute atomic E-state index is 0.0183. The number of amides is 1. The predicted octanol–water partition coefficient (Wildman–Crippen LogP) is 19.5. The highest BCUT2D eigenvalue weighted by Crippen LogP contribution is 2.19. The van der Waals surface area contributed by atoms with E-state index in [1.165, 1.54) is 289 Å². The first-order valence-corrected chi connectivity index (χ1v) is 31.3. The van der Waals surface area contributed by atoms with Gasteiger partial charge in [-0.1, -0.05) is 322 Å². The molecule has 1 amide bonds. The van der Waals surface area contributed by atoms with Crippen molar-refractivity contribution in [3.8, 4) is 0 Å². The molecule has 406 valence electrons. The van der Waals surface area contributed by atoms with Crippen LogP contribution in [0.15, 0.2) is 0 Å². The van der Waals surface area contributed by atoms with Gasteiger partial charge in [0.05, 0.1) is 25.4 Å². The van der Waals surface area contributed by atoms with Crippen LogP contribution in [0.1, 0.15) is 361 Å². The number of hydrogen-bond acceptors (Lipinski definition) is 5. The molecule has 0 aliphatic carbocycles. The van der Waals surface area contributed by atoms with Crippen LogP contribution in [0.3, 0.4) is 0 Å². The zero-order valence-electron chi connectivity index (χ0n) is 46.4. The Bertz CT molecular complexity index is 975. The van der Waals surface area contributed by atoms with E-state index in [1.54, 1.807) is 0 Å². The minimum atomic E-state index is -0.662. The van der Waals surface area contributed by atoms with Gasteiger partial charge in [0.25, 0.3) is 0 Å². The van der Waals surface area contributed by atoms with Crippen LogP contribution in [0.2, 0.25) is 0 Å². The Hall–Kier alpha value is -1.14. The molecule has 0 aliphatic rings. The number of ether oxygens (including phenoxy) is 1. The molecule has 0 radical (unpaired) electrons. The highest BCUT2D eigenvalue weighted by molar-refractivity contribution is 5.76. The van der Waals surface area contributed by atoms with Crippen LogP contribution in [-0.4, -0.2) is 47.4 Å². The molecule has 6 heteroatoms. The van der Waals surface area contributed by atoms with E-state index in [2.05, 4.69) is 19.2 Å². The van der Waals surface area contributed by atoms with Crippen LogP contribution in [0, 0.1) is 0 Å². The Morgan fingerprint density at radius 3 is 0.897 bits per heavy atom. The highest BCUT2D eigenvalue weighted by atomic mass is 16.5. The van der Waals surface area contributed by atoms with Crippen molar-refractivity contribution in [2.45, 2.75) is 373 Å². The molecule has 6 nitrogen and oxygen atoms in total. The molecule has 0 saturated heterocycles. The van der Waals surface area contributed by atoms with E-state index in [9.17, 15) is 19.8 Å². The fourth-order valence-electron chi connectivity index (χ4n) is 10.1. The Kier molecular flexibility index (Phi) is 57.5. The molecule has 0 spiro atoms. The molecule has 0 aliphatic heterocycles. The van der Waals surface area contributed by atoms with Gasteiger partial charge >= 0.3 is 5.97 Å². The number of nitrogens with one attached hydrogen (secondary N) is 1. The minimum Gasteiger partial charge on any atom is -0.466 e. The van der Waals surface area contributed by atoms with Crippen molar-refractivity contribution >= 4 is 11.9 Å². The molecule has 0 saturated carbocycles. The lowest BCUT2D eigenvalue weighted by atomic mass is 10.0. The second kappa shape index (κ2) is 58.4. The number of rotatable bonds is 59. The maximum atomic E-state index is 12.5. The van der Waals surface area contributed by atoms with Crippen molar-refractivity contribution in [1.82, 2.24) is 5.32 Å². The molecule has 0 rings (SSSR count). The summed E-state index contributed by atoms with van der Waals surface area (Å²) in [4.78, 5) is 24.5. The number of carbonyl (C=O) groups excluding carboxylic acids is 2. The lowest BCUT2D eigenvalue weighted by Crippen LogP contribution is -2.45. The van der Waals surface area contributed by atoms with Crippen LogP contribution in [-0.2, 0) is 14.3 Å². The largest absolute Gasteiger partial charge is 0.466 e. The molecule has 0 aromatic rings. The number of aliphatic hydroxyl groups excluding tert-OH is 2. The second-order valence-corrected chi connectivity index (χ2v) is 21.8. The van der Waals surface area contributed by atoms with Gasteiger partial charge in [-0.25, -0.2) is 0 Å². The van der Waals surface area contributed by atoms with Crippen molar-refractivity contribution in [3.63, 3.8) is 0 Å². The molecular formula is C62H123NO5. The summed E-state index contributed by atoms with van der Waals surface area (Å²) in [7, 11) is 0. The third kappa shape index (κ3) is 54.2. The number of hydrogen-bond donors (Lipinski definition) is 3. The Balaban J connectivity index is 3.34. The molecule has 2 unspecified atom stereocenters. The average Bonchev–Trinajstić information content (AvgIpc) is 3.34. The van der Waals surface area contributed by atoms with E-state index in [4.69, 9.17) is 4.74 Å². The predicted molar refractivity (Wildman–Crippen MR) is 297 cm³/mol. The molecule has 2 atom stereocenters. The first-order chi connectivity index (χ1) is 33.5. The molecule has 0 fully saturated rings. The fraction of sp³-hybridized carbons (Fsp3) is 0.968. The lowest BCUT2D eigenvalue weighted by Gasteiger charge is -2.22. The normalized spacial score (nSPS) is 12.5. The Morgan fingerprint density at radius 1 is 0.353 bits per heavy atom. The third-order valence-electron chi connectivity index (χ3n) is 14.9. The van der Waals surface area contributed by atoms with Crippen LogP contribution in [0.5, 0.6) is 0 Å². The summed E-state index contributed by atoms with van der Waals surface area (Å²) in [6, 6.07) is -0.539. The molecule has 0 aromatic heterocycles. The van der Waals surface area contributed by atoms with Crippen LogP contribution < -0.4 is 5.32 Å². The quantitative estimate of drug-likeness (QED) is 0.0417. The maximum Gasteiger partial charge on any atom is 0.305 e. The monoisotopic (exact) mass is 962 g/mol. The van der Waals surface area contributed by atoms with Crippen LogP contribution in [0.25, 0.3) is 0 Å². The van der Waals surface area contributed by atoms with Gasteiger partial charge in [-0.05, 0) is 25.7 Å². The van der Waals surface area contributed by atoms with E-state index in [0.717, 1.165) is 38.5 Å². The average molecular weight is 963 g/mol. The zero-order chi connectivity index (χ0) is 49.3. The summed E-state index contributed by atoms with van der Waals surface area (Å²) in [6.45, 7) is 4.98. The Morgan fingerprint density at radius 2 is 0.603 bits per heavy atom. The molecule has 3 N–H and O–H groups in total. The van der Waals surface area contributed by atoms with Gasteiger partial charge in [-0.2, -0.15) is 0 Å². The second-order valence-electron chi connectivity index (χ2n) is 21.8. The SMILES string of the molecule is CCCCCCCCCCCCCCCCCC(=O)OCCCCCCCCCCCCCCCCCCCCCCCCCC(=O)NC(CO)C(O)CCCCCCCCCCCCCCC. The van der Waals surface area contributed by atoms with E-state index < -0.39 is 12.1 Å². The van der Waals surface area contributed by atoms with Crippen molar-refractivity contribution in [2.75, 3.05) is 13.2 Å². The van der Waals surface area contributed by atoms with E-state index in [-0.39, 0.29) is 18.5 Å². The lowest BCUT2D eigenvalue weighted by molar-refractivity contribution is -0.143. The van der Waals surface area contributed by atoms with Gasteiger partial charge in [0.2, 0.25) is 5.91 Å². The number of carbonyl (C=O) groups is 2. The van der Waals surface area contributed by atoms with E-state index in [0.29, 0.717) is 25.9 Å². The van der Waals surface area contributed by atoms with Crippen molar-refractivity contribution in [1.29, 1.82) is 0 Å². The van der Waals surface area contributed by atoms with Gasteiger partial charge in [0, 0.05) is 12.8 Å². The van der Waals surface area contributed by atoms with Crippen LogP contribution >= 0.6 is 0 Å². The molecular weight excluding hydrogens is 839 g/mol. The fourth-order valence-corrected chi connectivity index (χ4v) is 10.1. The molecule has 0 aromatic carbocycles. The smallest absolute Gasteiger partial charge is 0.305 e. The van der Waals surface area contributed by atoms with Crippen molar-refractivity contribution in [3.05, 3.63) is 0 Å². The number of esters is 1.